The summed E-state index contributed by atoms with van der Waals surface area (Å²) in [5.74, 6) is 0.665. The summed E-state index contributed by atoms with van der Waals surface area (Å²) in [6, 6.07) is 0.392. The van der Waals surface area contributed by atoms with E-state index in [0.717, 1.165) is 38.6 Å². The van der Waals surface area contributed by atoms with E-state index in [2.05, 4.69) is 10.6 Å². The molecule has 2 atom stereocenters. The van der Waals surface area contributed by atoms with Crippen LogP contribution in [0.15, 0.2) is 0 Å². The lowest BCUT2D eigenvalue weighted by atomic mass is 9.87. The second-order valence-corrected chi connectivity index (χ2v) is 6.57. The van der Waals surface area contributed by atoms with Crippen molar-refractivity contribution in [1.29, 1.82) is 0 Å². The smallest absolute Gasteiger partial charge is 0.234 e. The number of hydrogen-bond donors (Lipinski definition) is 3. The third-order valence-electron chi connectivity index (χ3n) is 4.69. The third-order valence-corrected chi connectivity index (χ3v) is 4.69. The Morgan fingerprint density at radius 3 is 2.45 bits per heavy atom. The van der Waals surface area contributed by atoms with Gasteiger partial charge in [-0.2, -0.15) is 0 Å². The summed E-state index contributed by atoms with van der Waals surface area (Å²) < 4.78 is 0. The van der Waals surface area contributed by atoms with Crippen LogP contribution in [-0.2, 0) is 4.79 Å². The Kier molecular flexibility index (Phi) is 6.80. The van der Waals surface area contributed by atoms with E-state index in [1.807, 2.05) is 0 Å². The molecule has 116 valence electrons. The molecule has 0 heterocycles. The van der Waals surface area contributed by atoms with E-state index in [1.54, 1.807) is 0 Å². The van der Waals surface area contributed by atoms with Crippen molar-refractivity contribution in [1.82, 2.24) is 10.6 Å². The van der Waals surface area contributed by atoms with Gasteiger partial charge >= 0.3 is 0 Å². The number of aliphatic hydroxyl groups is 1. The van der Waals surface area contributed by atoms with Crippen LogP contribution in [0.25, 0.3) is 0 Å². The highest BCUT2D eigenvalue weighted by Crippen LogP contribution is 2.23. The average Bonchev–Trinajstić information content (AvgIpc) is 2.67. The van der Waals surface area contributed by atoms with Crippen molar-refractivity contribution in [3.63, 3.8) is 0 Å². The van der Waals surface area contributed by atoms with Gasteiger partial charge in [0.25, 0.3) is 0 Å². The van der Waals surface area contributed by atoms with E-state index < -0.39 is 0 Å². The van der Waals surface area contributed by atoms with Crippen molar-refractivity contribution >= 4 is 5.91 Å². The molecule has 0 aromatic rings. The largest absolute Gasteiger partial charge is 0.393 e. The quantitative estimate of drug-likeness (QED) is 0.676. The molecule has 2 fully saturated rings. The normalized spacial score (nSPS) is 28.9. The van der Waals surface area contributed by atoms with Gasteiger partial charge in [-0.15, -0.1) is 0 Å². The minimum Gasteiger partial charge on any atom is -0.393 e. The first-order chi connectivity index (χ1) is 9.74. The fourth-order valence-electron chi connectivity index (χ4n) is 3.54. The van der Waals surface area contributed by atoms with Crippen molar-refractivity contribution in [2.45, 2.75) is 76.4 Å². The Labute approximate surface area is 122 Å². The zero-order valence-electron chi connectivity index (χ0n) is 12.6. The molecule has 0 radical (unpaired) electrons. The van der Waals surface area contributed by atoms with Gasteiger partial charge in [0.15, 0.2) is 0 Å². The van der Waals surface area contributed by atoms with Gasteiger partial charge < -0.3 is 15.7 Å². The van der Waals surface area contributed by atoms with Crippen LogP contribution in [0, 0.1) is 5.92 Å². The first kappa shape index (κ1) is 15.8. The monoisotopic (exact) mass is 282 g/mol. The summed E-state index contributed by atoms with van der Waals surface area (Å²) in [6.07, 6.45) is 11.4. The Balaban J connectivity index is 1.57. The van der Waals surface area contributed by atoms with E-state index in [-0.39, 0.29) is 12.0 Å². The molecule has 0 aromatic heterocycles. The fraction of sp³-hybridized carbons (Fsp3) is 0.938. The summed E-state index contributed by atoms with van der Waals surface area (Å²) in [6.45, 7) is 1.28. The van der Waals surface area contributed by atoms with Crippen LogP contribution in [-0.4, -0.2) is 36.2 Å². The van der Waals surface area contributed by atoms with Crippen LogP contribution >= 0.6 is 0 Å². The second-order valence-electron chi connectivity index (χ2n) is 6.57. The molecular weight excluding hydrogens is 252 g/mol. The van der Waals surface area contributed by atoms with Crippen LogP contribution < -0.4 is 10.6 Å². The molecule has 0 bridgehead atoms. The molecule has 4 heteroatoms. The van der Waals surface area contributed by atoms with Gasteiger partial charge in [-0.3, -0.25) is 4.79 Å². The summed E-state index contributed by atoms with van der Waals surface area (Å²) >= 11 is 0. The Morgan fingerprint density at radius 2 is 1.75 bits per heavy atom. The van der Waals surface area contributed by atoms with E-state index in [9.17, 15) is 9.90 Å². The highest BCUT2D eigenvalue weighted by atomic mass is 16.3. The SMILES string of the molecule is O=C(CNCC1CCCC(O)C1)NC1CCCCCC1. The maximum absolute atomic E-state index is 11.9. The summed E-state index contributed by atoms with van der Waals surface area (Å²) in [7, 11) is 0. The molecule has 2 aliphatic carbocycles. The Bertz CT molecular complexity index is 288. The van der Waals surface area contributed by atoms with Crippen molar-refractivity contribution in [3.05, 3.63) is 0 Å². The van der Waals surface area contributed by atoms with Crippen molar-refractivity contribution in [2.24, 2.45) is 5.92 Å². The van der Waals surface area contributed by atoms with Gasteiger partial charge in [-0.1, -0.05) is 32.1 Å². The minimum absolute atomic E-state index is 0.129. The van der Waals surface area contributed by atoms with E-state index in [1.165, 1.54) is 32.1 Å². The first-order valence-corrected chi connectivity index (χ1v) is 8.42. The number of hydrogen-bond acceptors (Lipinski definition) is 3. The molecule has 0 aromatic carbocycles. The lowest BCUT2D eigenvalue weighted by Crippen LogP contribution is -2.41. The molecule has 3 N–H and O–H groups in total. The number of rotatable bonds is 5. The number of carbonyl (C=O) groups is 1. The second kappa shape index (κ2) is 8.63. The van der Waals surface area contributed by atoms with Crippen molar-refractivity contribution in [2.75, 3.05) is 13.1 Å². The molecule has 2 unspecified atom stereocenters. The number of nitrogens with one attached hydrogen (secondary N) is 2. The molecule has 0 aliphatic heterocycles. The molecule has 2 aliphatic rings. The van der Waals surface area contributed by atoms with E-state index >= 15 is 0 Å². The Hall–Kier alpha value is -0.610. The third kappa shape index (κ3) is 5.80. The van der Waals surface area contributed by atoms with Gasteiger partial charge in [-0.05, 0) is 44.6 Å². The molecule has 20 heavy (non-hydrogen) atoms. The van der Waals surface area contributed by atoms with Crippen molar-refractivity contribution in [3.8, 4) is 0 Å². The number of amides is 1. The molecule has 1 amide bonds. The highest BCUT2D eigenvalue weighted by molar-refractivity contribution is 5.78. The summed E-state index contributed by atoms with van der Waals surface area (Å²) in [5, 5.41) is 16.0. The van der Waals surface area contributed by atoms with Gasteiger partial charge in [0.2, 0.25) is 5.91 Å². The predicted octanol–water partition coefficient (Wildman–Crippen LogP) is 1.97. The average molecular weight is 282 g/mol. The lowest BCUT2D eigenvalue weighted by Gasteiger charge is -2.26. The Morgan fingerprint density at radius 1 is 1.00 bits per heavy atom. The van der Waals surface area contributed by atoms with Gasteiger partial charge in [-0.25, -0.2) is 0 Å². The minimum atomic E-state index is -0.129. The van der Waals surface area contributed by atoms with Crippen LogP contribution in [0.3, 0.4) is 0 Å². The van der Waals surface area contributed by atoms with Crippen LogP contribution in [0.4, 0.5) is 0 Å². The maximum atomic E-state index is 11.9. The number of aliphatic hydroxyl groups excluding tert-OH is 1. The van der Waals surface area contributed by atoms with Gasteiger partial charge in [0.1, 0.15) is 0 Å². The fourth-order valence-corrected chi connectivity index (χ4v) is 3.54. The zero-order chi connectivity index (χ0) is 14.2. The molecule has 0 saturated heterocycles. The van der Waals surface area contributed by atoms with Gasteiger partial charge in [0.05, 0.1) is 12.6 Å². The zero-order valence-corrected chi connectivity index (χ0v) is 12.6. The molecule has 4 nitrogen and oxygen atoms in total. The van der Waals surface area contributed by atoms with Crippen LogP contribution in [0.1, 0.15) is 64.2 Å². The first-order valence-electron chi connectivity index (χ1n) is 8.42. The molecule has 2 saturated carbocycles. The number of carbonyl (C=O) groups excluding carboxylic acids is 1. The molecule has 0 spiro atoms. The van der Waals surface area contributed by atoms with Crippen LogP contribution in [0.5, 0.6) is 0 Å². The standard InChI is InChI=1S/C16H30N2O2/c19-15-9-5-6-13(10-15)11-17-12-16(20)18-14-7-3-1-2-4-8-14/h13-15,17,19H,1-12H2,(H,18,20). The topological polar surface area (TPSA) is 61.4 Å². The maximum Gasteiger partial charge on any atom is 0.234 e. The van der Waals surface area contributed by atoms with Gasteiger partial charge in [0, 0.05) is 6.04 Å². The highest BCUT2D eigenvalue weighted by Gasteiger charge is 2.20. The molecule has 2 rings (SSSR count). The van der Waals surface area contributed by atoms with E-state index in [4.69, 9.17) is 0 Å². The lowest BCUT2D eigenvalue weighted by molar-refractivity contribution is -0.121. The summed E-state index contributed by atoms with van der Waals surface area (Å²) in [4.78, 5) is 11.9. The molecular formula is C16H30N2O2. The van der Waals surface area contributed by atoms with Crippen molar-refractivity contribution < 1.29 is 9.90 Å². The van der Waals surface area contributed by atoms with E-state index in [0.29, 0.717) is 18.5 Å². The summed E-state index contributed by atoms with van der Waals surface area (Å²) in [5.41, 5.74) is 0. The van der Waals surface area contributed by atoms with Crippen LogP contribution in [0.2, 0.25) is 0 Å². The predicted molar refractivity (Wildman–Crippen MR) is 80.5 cm³/mol.